The second-order valence-corrected chi connectivity index (χ2v) is 5.88. The highest BCUT2D eigenvalue weighted by atomic mass is 32.1. The van der Waals surface area contributed by atoms with E-state index in [-0.39, 0.29) is 11.3 Å². The maximum Gasteiger partial charge on any atom is 0.305 e. The molecule has 0 aliphatic rings. The molecule has 0 saturated carbocycles. The van der Waals surface area contributed by atoms with Gasteiger partial charge in [0, 0.05) is 10.9 Å². The van der Waals surface area contributed by atoms with Crippen LogP contribution < -0.4 is 11.0 Å². The van der Waals surface area contributed by atoms with Crippen LogP contribution in [0.4, 0.5) is 0 Å². The van der Waals surface area contributed by atoms with E-state index in [9.17, 15) is 9.59 Å². The molecular weight excluding hydrogens is 330 g/mol. The number of amides is 1. The fraction of sp³-hybridized carbons (Fsp3) is 0.0625. The highest BCUT2D eigenvalue weighted by Gasteiger charge is 2.19. The molecule has 120 valence electrons. The average Bonchev–Trinajstić information content (AvgIpc) is 3.30. The molecule has 4 aromatic heterocycles. The van der Waals surface area contributed by atoms with Gasteiger partial charge in [-0.3, -0.25) is 15.0 Å². The molecule has 0 saturated heterocycles. The molecule has 1 N–H and O–H groups in total. The van der Waals surface area contributed by atoms with E-state index in [1.807, 2.05) is 5.38 Å². The summed E-state index contributed by atoms with van der Waals surface area (Å²) >= 11 is 1.35. The van der Waals surface area contributed by atoms with Gasteiger partial charge in [0.1, 0.15) is 16.4 Å². The minimum atomic E-state index is -0.527. The monoisotopic (exact) mass is 341 g/mol. The third-order valence-corrected chi connectivity index (χ3v) is 4.39. The second-order valence-electron chi connectivity index (χ2n) is 5.02. The SMILES string of the molecule is Cc1nc2scc(-c3ccco3)c2c(=O)n1NC(=O)c1ccco1. The number of aryl methyl sites for hydroxylation is 1. The van der Waals surface area contributed by atoms with E-state index in [2.05, 4.69) is 10.4 Å². The topological polar surface area (TPSA) is 90.3 Å². The van der Waals surface area contributed by atoms with Crippen LogP contribution in [0.3, 0.4) is 0 Å². The molecule has 4 heterocycles. The third kappa shape index (κ3) is 2.24. The van der Waals surface area contributed by atoms with Gasteiger partial charge in [0.05, 0.1) is 17.9 Å². The van der Waals surface area contributed by atoms with Crippen molar-refractivity contribution in [3.8, 4) is 11.3 Å². The Balaban J connectivity index is 1.86. The van der Waals surface area contributed by atoms with E-state index in [1.54, 1.807) is 25.1 Å². The Morgan fingerprint density at radius 2 is 2.04 bits per heavy atom. The zero-order valence-electron chi connectivity index (χ0n) is 12.5. The number of carbonyl (C=O) groups is 1. The third-order valence-electron chi connectivity index (χ3n) is 3.52. The summed E-state index contributed by atoms with van der Waals surface area (Å²) in [5, 5.41) is 2.22. The lowest BCUT2D eigenvalue weighted by atomic mass is 10.2. The molecule has 0 unspecified atom stereocenters. The minimum absolute atomic E-state index is 0.109. The van der Waals surface area contributed by atoms with Gasteiger partial charge in [-0.15, -0.1) is 11.3 Å². The van der Waals surface area contributed by atoms with Gasteiger partial charge in [0.2, 0.25) is 0 Å². The Morgan fingerprint density at radius 1 is 1.25 bits per heavy atom. The number of fused-ring (bicyclic) bond motifs is 1. The number of thiophene rings is 1. The summed E-state index contributed by atoms with van der Waals surface area (Å²) in [5.74, 6) is 0.535. The first-order valence-corrected chi connectivity index (χ1v) is 7.92. The maximum atomic E-state index is 12.9. The van der Waals surface area contributed by atoms with Gasteiger partial charge in [0.25, 0.3) is 5.56 Å². The van der Waals surface area contributed by atoms with Crippen molar-refractivity contribution in [3.63, 3.8) is 0 Å². The molecule has 7 nitrogen and oxygen atoms in total. The number of hydrogen-bond acceptors (Lipinski definition) is 6. The van der Waals surface area contributed by atoms with Crippen molar-refractivity contribution in [1.82, 2.24) is 9.66 Å². The van der Waals surface area contributed by atoms with Crippen LogP contribution in [0.5, 0.6) is 0 Å². The minimum Gasteiger partial charge on any atom is -0.464 e. The molecule has 0 bridgehead atoms. The standard InChI is InChI=1S/C16H11N3O4S/c1-9-17-15-13(10(8-24-15)11-4-2-6-22-11)16(21)19(9)18-14(20)12-5-3-7-23-12/h2-8H,1H3,(H,18,20). The number of rotatable bonds is 3. The number of hydrogen-bond donors (Lipinski definition) is 1. The van der Waals surface area contributed by atoms with E-state index in [4.69, 9.17) is 8.83 Å². The molecule has 4 aromatic rings. The Bertz CT molecular complexity index is 1070. The lowest BCUT2D eigenvalue weighted by Gasteiger charge is -2.10. The summed E-state index contributed by atoms with van der Waals surface area (Å²) in [6.45, 7) is 1.65. The molecule has 1 amide bonds. The fourth-order valence-corrected chi connectivity index (χ4v) is 3.37. The normalized spacial score (nSPS) is 11.0. The summed E-state index contributed by atoms with van der Waals surface area (Å²) in [5.41, 5.74) is 2.80. The molecule has 0 spiro atoms. The lowest BCUT2D eigenvalue weighted by molar-refractivity contribution is 0.0980. The van der Waals surface area contributed by atoms with Gasteiger partial charge in [-0.2, -0.15) is 0 Å². The molecule has 4 rings (SSSR count). The number of nitrogens with zero attached hydrogens (tertiary/aromatic N) is 2. The van der Waals surface area contributed by atoms with Crippen molar-refractivity contribution in [1.29, 1.82) is 0 Å². The molecule has 0 aromatic carbocycles. The Morgan fingerprint density at radius 3 is 2.75 bits per heavy atom. The van der Waals surface area contributed by atoms with Crippen molar-refractivity contribution >= 4 is 27.5 Å². The van der Waals surface area contributed by atoms with E-state index >= 15 is 0 Å². The summed E-state index contributed by atoms with van der Waals surface area (Å²) in [6.07, 6.45) is 2.93. The first-order valence-electron chi connectivity index (χ1n) is 7.05. The van der Waals surface area contributed by atoms with Crippen LogP contribution in [0, 0.1) is 6.92 Å². The fourth-order valence-electron chi connectivity index (χ4n) is 2.40. The van der Waals surface area contributed by atoms with E-state index in [1.165, 1.54) is 29.9 Å². The summed E-state index contributed by atoms with van der Waals surface area (Å²) in [7, 11) is 0. The smallest absolute Gasteiger partial charge is 0.305 e. The number of furan rings is 2. The quantitative estimate of drug-likeness (QED) is 0.618. The number of nitrogens with one attached hydrogen (secondary N) is 1. The van der Waals surface area contributed by atoms with Gasteiger partial charge in [0.15, 0.2) is 5.76 Å². The van der Waals surface area contributed by atoms with Gasteiger partial charge < -0.3 is 8.83 Å². The largest absolute Gasteiger partial charge is 0.464 e. The molecular formula is C16H11N3O4S. The summed E-state index contributed by atoms with van der Waals surface area (Å²) in [4.78, 5) is 30.0. The molecule has 0 radical (unpaired) electrons. The van der Waals surface area contributed by atoms with Crippen LogP contribution in [-0.4, -0.2) is 15.6 Å². The van der Waals surface area contributed by atoms with Crippen molar-refractivity contribution in [2.45, 2.75) is 6.92 Å². The number of carbonyl (C=O) groups excluding carboxylic acids is 1. The molecule has 0 atom stereocenters. The van der Waals surface area contributed by atoms with Crippen LogP contribution in [0.25, 0.3) is 21.5 Å². The summed E-state index contributed by atoms with van der Waals surface area (Å²) < 4.78 is 11.5. The lowest BCUT2D eigenvalue weighted by Crippen LogP contribution is -2.35. The van der Waals surface area contributed by atoms with Crippen LogP contribution in [0.1, 0.15) is 16.4 Å². The predicted molar refractivity (Wildman–Crippen MR) is 88.7 cm³/mol. The van der Waals surface area contributed by atoms with Gasteiger partial charge in [-0.05, 0) is 31.2 Å². The zero-order valence-corrected chi connectivity index (χ0v) is 13.3. The van der Waals surface area contributed by atoms with Crippen LogP contribution in [0.2, 0.25) is 0 Å². The highest BCUT2D eigenvalue weighted by Crippen LogP contribution is 2.31. The van der Waals surface area contributed by atoms with Gasteiger partial charge in [-0.1, -0.05) is 0 Å². The first kappa shape index (κ1) is 14.5. The Kier molecular flexibility index (Phi) is 3.31. The van der Waals surface area contributed by atoms with E-state index in [0.717, 1.165) is 4.68 Å². The molecule has 0 aliphatic carbocycles. The molecule has 0 aliphatic heterocycles. The first-order chi connectivity index (χ1) is 11.6. The van der Waals surface area contributed by atoms with Crippen LogP contribution in [-0.2, 0) is 0 Å². The van der Waals surface area contributed by atoms with Gasteiger partial charge in [-0.25, -0.2) is 9.66 Å². The van der Waals surface area contributed by atoms with Crippen molar-refractivity contribution in [2.75, 3.05) is 5.43 Å². The molecule has 24 heavy (non-hydrogen) atoms. The van der Waals surface area contributed by atoms with Crippen LogP contribution in [0.15, 0.2) is 55.8 Å². The second kappa shape index (κ2) is 5.50. The molecule has 0 fully saturated rings. The van der Waals surface area contributed by atoms with E-state index in [0.29, 0.717) is 27.4 Å². The highest BCUT2D eigenvalue weighted by molar-refractivity contribution is 7.17. The Hall–Kier alpha value is -3.13. The van der Waals surface area contributed by atoms with Crippen molar-refractivity contribution < 1.29 is 13.6 Å². The van der Waals surface area contributed by atoms with Crippen molar-refractivity contribution in [2.24, 2.45) is 0 Å². The summed E-state index contributed by atoms with van der Waals surface area (Å²) in [6, 6.07) is 6.63. The Labute approximate surface area is 139 Å². The average molecular weight is 341 g/mol. The maximum absolute atomic E-state index is 12.9. The predicted octanol–water partition coefficient (Wildman–Crippen LogP) is 3.00. The van der Waals surface area contributed by atoms with Crippen molar-refractivity contribution in [3.05, 3.63) is 64.1 Å². The van der Waals surface area contributed by atoms with E-state index < -0.39 is 5.91 Å². The van der Waals surface area contributed by atoms with Crippen LogP contribution >= 0.6 is 11.3 Å². The zero-order chi connectivity index (χ0) is 16.7. The number of aromatic nitrogens is 2. The molecule has 8 heteroatoms. The van der Waals surface area contributed by atoms with Gasteiger partial charge >= 0.3 is 5.91 Å².